The Balaban J connectivity index is 2.03. The van der Waals surface area contributed by atoms with Crippen LogP contribution in [0.2, 0.25) is 0 Å². The van der Waals surface area contributed by atoms with Crippen molar-refractivity contribution in [2.45, 2.75) is 50.1 Å². The maximum Gasteiger partial charge on any atom is 0.240 e. The molecule has 0 radical (unpaired) electrons. The summed E-state index contributed by atoms with van der Waals surface area (Å²) in [5.74, 6) is 0.783. The molecule has 1 fully saturated rings. The van der Waals surface area contributed by atoms with Gasteiger partial charge < -0.3 is 15.4 Å². The van der Waals surface area contributed by atoms with Gasteiger partial charge in [0.25, 0.3) is 0 Å². The molecular weight excluding hydrogens is 352 g/mol. The molecule has 8 heteroatoms. The monoisotopic (exact) mass is 382 g/mol. The molecule has 1 aromatic rings. The molecule has 0 aliphatic heterocycles. The Morgan fingerprint density at radius 1 is 1.31 bits per heavy atom. The molecule has 2 rings (SSSR count). The Hall–Kier alpha value is -1.64. The van der Waals surface area contributed by atoms with E-state index < -0.39 is 10.0 Å². The number of sulfonamides is 1. The first-order valence-corrected chi connectivity index (χ1v) is 10.7. The van der Waals surface area contributed by atoms with Gasteiger partial charge in [-0.1, -0.05) is 25.0 Å². The first kappa shape index (κ1) is 20.7. The zero-order valence-electron chi connectivity index (χ0n) is 15.6. The summed E-state index contributed by atoms with van der Waals surface area (Å²) < 4.78 is 32.0. The lowest BCUT2D eigenvalue weighted by Crippen LogP contribution is -2.42. The smallest absolute Gasteiger partial charge is 0.240 e. The van der Waals surface area contributed by atoms with Crippen LogP contribution in [0, 0.1) is 0 Å². The summed E-state index contributed by atoms with van der Waals surface area (Å²) in [5.41, 5.74) is 0.850. The predicted octanol–water partition coefficient (Wildman–Crippen LogP) is 1.61. The van der Waals surface area contributed by atoms with Gasteiger partial charge in [-0.25, -0.2) is 18.1 Å². The summed E-state index contributed by atoms with van der Waals surface area (Å²) in [6.07, 6.45) is 4.86. The molecule has 0 saturated heterocycles. The van der Waals surface area contributed by atoms with Gasteiger partial charge in [-0.2, -0.15) is 0 Å². The van der Waals surface area contributed by atoms with Gasteiger partial charge in [0.15, 0.2) is 5.96 Å². The minimum Gasteiger partial charge on any atom is -0.383 e. The number of methoxy groups -OCH3 is 1. The standard InChI is InChI=1S/C18H30N4O3S/c1-3-19-18(22-16-8-4-5-9-16)20-14-15-7-6-10-17(13-15)26(23,24)21-11-12-25-2/h6-7,10,13,16,21H,3-5,8-9,11-12,14H2,1-2H3,(H2,19,20,22). The first-order chi connectivity index (χ1) is 12.5. The number of benzene rings is 1. The maximum absolute atomic E-state index is 12.3. The van der Waals surface area contributed by atoms with E-state index in [1.165, 1.54) is 32.8 Å². The summed E-state index contributed by atoms with van der Waals surface area (Å²) in [6, 6.07) is 7.36. The second kappa shape index (κ2) is 10.5. The molecule has 1 aliphatic carbocycles. The molecule has 26 heavy (non-hydrogen) atoms. The quantitative estimate of drug-likeness (QED) is 0.343. The Morgan fingerprint density at radius 2 is 2.08 bits per heavy atom. The molecule has 146 valence electrons. The number of rotatable bonds is 9. The summed E-state index contributed by atoms with van der Waals surface area (Å²) >= 11 is 0. The average Bonchev–Trinajstić information content (AvgIpc) is 3.13. The van der Waals surface area contributed by atoms with E-state index in [9.17, 15) is 8.42 Å². The fourth-order valence-electron chi connectivity index (χ4n) is 2.93. The van der Waals surface area contributed by atoms with E-state index in [-0.39, 0.29) is 11.4 Å². The molecule has 0 aromatic heterocycles. The van der Waals surface area contributed by atoms with E-state index in [0.29, 0.717) is 19.2 Å². The molecule has 0 bridgehead atoms. The third-order valence-electron chi connectivity index (χ3n) is 4.27. The summed E-state index contributed by atoms with van der Waals surface area (Å²) in [4.78, 5) is 4.85. The highest BCUT2D eigenvalue weighted by Crippen LogP contribution is 2.17. The van der Waals surface area contributed by atoms with Crippen molar-refractivity contribution in [3.05, 3.63) is 29.8 Å². The molecule has 0 amide bonds. The van der Waals surface area contributed by atoms with Gasteiger partial charge in [0, 0.05) is 26.2 Å². The van der Waals surface area contributed by atoms with Crippen molar-refractivity contribution in [1.82, 2.24) is 15.4 Å². The highest BCUT2D eigenvalue weighted by molar-refractivity contribution is 7.89. The summed E-state index contributed by atoms with van der Waals surface area (Å²) in [5, 5.41) is 6.71. The van der Waals surface area contributed by atoms with Gasteiger partial charge in [-0.3, -0.25) is 0 Å². The van der Waals surface area contributed by atoms with Crippen molar-refractivity contribution in [2.75, 3.05) is 26.8 Å². The van der Waals surface area contributed by atoms with Crippen LogP contribution < -0.4 is 15.4 Å². The van der Waals surface area contributed by atoms with Crippen LogP contribution in [-0.2, 0) is 21.3 Å². The van der Waals surface area contributed by atoms with Gasteiger partial charge in [-0.15, -0.1) is 0 Å². The minimum absolute atomic E-state index is 0.245. The van der Waals surface area contributed by atoms with Gasteiger partial charge in [0.05, 0.1) is 18.0 Å². The molecule has 1 saturated carbocycles. The van der Waals surface area contributed by atoms with Crippen molar-refractivity contribution in [2.24, 2.45) is 4.99 Å². The van der Waals surface area contributed by atoms with Crippen LogP contribution in [0.5, 0.6) is 0 Å². The van der Waals surface area contributed by atoms with Crippen LogP contribution in [0.4, 0.5) is 0 Å². The largest absolute Gasteiger partial charge is 0.383 e. The molecular formula is C18H30N4O3S. The third-order valence-corrected chi connectivity index (χ3v) is 5.73. The third kappa shape index (κ3) is 6.59. The number of hydrogen-bond acceptors (Lipinski definition) is 4. The van der Waals surface area contributed by atoms with Crippen LogP contribution in [0.1, 0.15) is 38.2 Å². The molecule has 0 spiro atoms. The fourth-order valence-corrected chi connectivity index (χ4v) is 4.01. The molecule has 0 heterocycles. The molecule has 7 nitrogen and oxygen atoms in total. The predicted molar refractivity (Wildman–Crippen MR) is 104 cm³/mol. The first-order valence-electron chi connectivity index (χ1n) is 9.17. The van der Waals surface area contributed by atoms with Crippen molar-refractivity contribution in [3.63, 3.8) is 0 Å². The Morgan fingerprint density at radius 3 is 2.77 bits per heavy atom. The van der Waals surface area contributed by atoms with Crippen molar-refractivity contribution < 1.29 is 13.2 Å². The normalized spacial score (nSPS) is 16.0. The number of aliphatic imine (C=N–C) groups is 1. The van der Waals surface area contributed by atoms with Crippen molar-refractivity contribution >= 4 is 16.0 Å². The lowest BCUT2D eigenvalue weighted by atomic mass is 10.2. The lowest BCUT2D eigenvalue weighted by molar-refractivity contribution is 0.204. The van der Waals surface area contributed by atoms with Crippen molar-refractivity contribution in [3.8, 4) is 0 Å². The van der Waals surface area contributed by atoms with Gasteiger partial charge in [-0.05, 0) is 37.5 Å². The molecule has 3 N–H and O–H groups in total. The average molecular weight is 383 g/mol. The van der Waals surface area contributed by atoms with Gasteiger partial charge >= 0.3 is 0 Å². The topological polar surface area (TPSA) is 91.8 Å². The number of hydrogen-bond donors (Lipinski definition) is 3. The Bertz CT molecular complexity index is 685. The molecule has 1 aliphatic rings. The van der Waals surface area contributed by atoms with E-state index in [2.05, 4.69) is 20.3 Å². The highest BCUT2D eigenvalue weighted by atomic mass is 32.2. The van der Waals surface area contributed by atoms with Crippen LogP contribution in [0.15, 0.2) is 34.2 Å². The van der Waals surface area contributed by atoms with Crippen LogP contribution in [-0.4, -0.2) is 47.2 Å². The Labute approximate surface area is 156 Å². The van der Waals surface area contributed by atoms with Crippen molar-refractivity contribution in [1.29, 1.82) is 0 Å². The second-order valence-electron chi connectivity index (χ2n) is 6.36. The van der Waals surface area contributed by atoms with Crippen LogP contribution >= 0.6 is 0 Å². The SMILES string of the molecule is CCNC(=NCc1cccc(S(=O)(=O)NCCOC)c1)NC1CCCC1. The van der Waals surface area contributed by atoms with Crippen LogP contribution in [0.3, 0.4) is 0 Å². The van der Waals surface area contributed by atoms with E-state index in [1.807, 2.05) is 13.0 Å². The van der Waals surface area contributed by atoms with E-state index in [0.717, 1.165) is 18.1 Å². The fraction of sp³-hybridized carbons (Fsp3) is 0.611. The number of nitrogens with zero attached hydrogens (tertiary/aromatic N) is 1. The second-order valence-corrected chi connectivity index (χ2v) is 8.13. The summed E-state index contributed by atoms with van der Waals surface area (Å²) in [7, 11) is -2.00. The molecule has 1 aromatic carbocycles. The Kier molecular flexibility index (Phi) is 8.34. The lowest BCUT2D eigenvalue weighted by Gasteiger charge is -2.16. The molecule has 0 atom stereocenters. The number of nitrogens with one attached hydrogen (secondary N) is 3. The zero-order chi connectivity index (χ0) is 18.8. The zero-order valence-corrected chi connectivity index (χ0v) is 16.4. The minimum atomic E-state index is -3.53. The van der Waals surface area contributed by atoms with Gasteiger partial charge in [0.2, 0.25) is 10.0 Å². The number of guanidine groups is 1. The van der Waals surface area contributed by atoms with Gasteiger partial charge in [0.1, 0.15) is 0 Å². The van der Waals surface area contributed by atoms with E-state index in [1.54, 1.807) is 18.2 Å². The number of ether oxygens (including phenoxy) is 1. The maximum atomic E-state index is 12.3. The van der Waals surface area contributed by atoms with Crippen LogP contribution in [0.25, 0.3) is 0 Å². The summed E-state index contributed by atoms with van der Waals surface area (Å²) in [6.45, 7) is 3.82. The highest BCUT2D eigenvalue weighted by Gasteiger charge is 2.16. The van der Waals surface area contributed by atoms with E-state index >= 15 is 0 Å². The molecule has 0 unspecified atom stereocenters. The van der Waals surface area contributed by atoms with E-state index in [4.69, 9.17) is 4.74 Å².